The first-order valence-electron chi connectivity index (χ1n) is 10.1. The lowest BCUT2D eigenvalue weighted by molar-refractivity contribution is -0.121. The molecule has 31 heavy (non-hydrogen) atoms. The minimum atomic E-state index is -3.70. The molecule has 8 nitrogen and oxygen atoms in total. The van der Waals surface area contributed by atoms with Crippen molar-refractivity contribution in [1.29, 1.82) is 0 Å². The molecule has 0 aliphatic carbocycles. The van der Waals surface area contributed by atoms with Gasteiger partial charge in [0.2, 0.25) is 15.9 Å². The van der Waals surface area contributed by atoms with Gasteiger partial charge in [0.1, 0.15) is 25.0 Å². The zero-order valence-corrected chi connectivity index (χ0v) is 18.8. The van der Waals surface area contributed by atoms with Crippen molar-refractivity contribution in [2.45, 2.75) is 25.8 Å². The maximum Gasteiger partial charge on any atom is 0.243 e. The molecule has 0 unspecified atom stereocenters. The molecule has 0 radical (unpaired) electrons. The minimum absolute atomic E-state index is 0.354. The van der Waals surface area contributed by atoms with Crippen molar-refractivity contribution in [1.82, 2.24) is 5.32 Å². The van der Waals surface area contributed by atoms with Gasteiger partial charge >= 0.3 is 0 Å². The van der Waals surface area contributed by atoms with E-state index in [1.165, 1.54) is 0 Å². The van der Waals surface area contributed by atoms with Crippen molar-refractivity contribution in [3.05, 3.63) is 48.0 Å². The van der Waals surface area contributed by atoms with Crippen molar-refractivity contribution in [3.8, 4) is 17.2 Å². The number of rotatable bonds is 9. The summed E-state index contributed by atoms with van der Waals surface area (Å²) in [5, 5.41) is 2.83. The van der Waals surface area contributed by atoms with Gasteiger partial charge in [-0.1, -0.05) is 12.1 Å². The first-order valence-corrected chi connectivity index (χ1v) is 11.9. The van der Waals surface area contributed by atoms with Gasteiger partial charge in [0.25, 0.3) is 0 Å². The van der Waals surface area contributed by atoms with E-state index in [9.17, 15) is 13.2 Å². The molecule has 3 rings (SSSR count). The van der Waals surface area contributed by atoms with Crippen LogP contribution in [0.25, 0.3) is 0 Å². The first-order chi connectivity index (χ1) is 14.8. The van der Waals surface area contributed by atoms with Gasteiger partial charge in [-0.2, -0.15) is 0 Å². The lowest BCUT2D eigenvalue weighted by atomic mass is 10.1. The molecule has 0 aromatic heterocycles. The maximum atomic E-state index is 12.7. The number of nitrogens with one attached hydrogen (secondary N) is 1. The fourth-order valence-corrected chi connectivity index (χ4v) is 4.59. The third kappa shape index (κ3) is 5.81. The first kappa shape index (κ1) is 22.7. The van der Waals surface area contributed by atoms with Gasteiger partial charge in [0.05, 0.1) is 19.1 Å². The Kier molecular flexibility index (Phi) is 7.27. The second-order valence-electron chi connectivity index (χ2n) is 7.31. The largest absolute Gasteiger partial charge is 0.497 e. The van der Waals surface area contributed by atoms with Crippen LogP contribution < -0.4 is 23.8 Å². The molecule has 168 valence electrons. The predicted octanol–water partition coefficient (Wildman–Crippen LogP) is 2.37. The molecule has 2 aromatic carbocycles. The van der Waals surface area contributed by atoms with Crippen molar-refractivity contribution < 1.29 is 27.4 Å². The van der Waals surface area contributed by atoms with Crippen LogP contribution in [-0.2, 0) is 21.2 Å². The average molecular weight is 449 g/mol. The van der Waals surface area contributed by atoms with Crippen LogP contribution in [-0.4, -0.2) is 53.5 Å². The topological polar surface area (TPSA) is 94.2 Å². The molecular formula is C22H28N2O6S. The Morgan fingerprint density at radius 3 is 2.45 bits per heavy atom. The number of anilines is 1. The second kappa shape index (κ2) is 9.91. The highest BCUT2D eigenvalue weighted by Gasteiger charge is 2.30. The van der Waals surface area contributed by atoms with Crippen molar-refractivity contribution >= 4 is 21.6 Å². The molecule has 0 saturated carbocycles. The van der Waals surface area contributed by atoms with Crippen LogP contribution in [0, 0.1) is 0 Å². The third-order valence-corrected chi connectivity index (χ3v) is 6.21. The van der Waals surface area contributed by atoms with E-state index < -0.39 is 16.1 Å². The predicted molar refractivity (Wildman–Crippen MR) is 119 cm³/mol. The third-order valence-electron chi connectivity index (χ3n) is 4.97. The van der Waals surface area contributed by atoms with E-state index in [1.54, 1.807) is 32.2 Å². The van der Waals surface area contributed by atoms with Crippen LogP contribution in [0.2, 0.25) is 0 Å². The molecule has 0 fully saturated rings. The van der Waals surface area contributed by atoms with Gasteiger partial charge in [0.15, 0.2) is 11.5 Å². The van der Waals surface area contributed by atoms with Crippen LogP contribution >= 0.6 is 0 Å². The molecule has 9 heteroatoms. The van der Waals surface area contributed by atoms with Gasteiger partial charge in [-0.05, 0) is 49.6 Å². The number of sulfonamides is 1. The van der Waals surface area contributed by atoms with Crippen molar-refractivity contribution in [2.24, 2.45) is 0 Å². The van der Waals surface area contributed by atoms with E-state index in [2.05, 4.69) is 5.32 Å². The molecule has 1 aliphatic heterocycles. The number of carbonyl (C=O) groups excluding carboxylic acids is 1. The zero-order chi connectivity index (χ0) is 22.4. The quantitative estimate of drug-likeness (QED) is 0.592. The number of methoxy groups -OCH3 is 1. The summed E-state index contributed by atoms with van der Waals surface area (Å²) >= 11 is 0. The lowest BCUT2D eigenvalue weighted by Gasteiger charge is -2.29. The minimum Gasteiger partial charge on any atom is -0.497 e. The van der Waals surface area contributed by atoms with Crippen LogP contribution in [0.4, 0.5) is 5.69 Å². The maximum absolute atomic E-state index is 12.7. The molecule has 1 heterocycles. The van der Waals surface area contributed by atoms with Gasteiger partial charge in [0, 0.05) is 12.6 Å². The summed E-state index contributed by atoms with van der Waals surface area (Å²) in [5.41, 5.74) is 1.49. The van der Waals surface area contributed by atoms with Gasteiger partial charge in [-0.3, -0.25) is 9.10 Å². The van der Waals surface area contributed by atoms with Gasteiger partial charge in [-0.15, -0.1) is 0 Å². The molecule has 1 amide bonds. The molecule has 1 atom stereocenters. The molecular weight excluding hydrogens is 420 g/mol. The fourth-order valence-electron chi connectivity index (χ4n) is 3.42. The van der Waals surface area contributed by atoms with Crippen molar-refractivity contribution in [3.63, 3.8) is 0 Å². The highest BCUT2D eigenvalue weighted by molar-refractivity contribution is 7.92. The zero-order valence-electron chi connectivity index (χ0n) is 18.0. The highest BCUT2D eigenvalue weighted by Crippen LogP contribution is 2.35. The Morgan fingerprint density at radius 2 is 1.81 bits per heavy atom. The molecule has 0 bridgehead atoms. The number of ether oxygens (including phenoxy) is 3. The van der Waals surface area contributed by atoms with Crippen LogP contribution in [0.1, 0.15) is 18.9 Å². The lowest BCUT2D eigenvalue weighted by Crippen LogP contribution is -2.48. The summed E-state index contributed by atoms with van der Waals surface area (Å²) < 4.78 is 42.2. The number of hydrogen-bond acceptors (Lipinski definition) is 6. The SMILES string of the molecule is COc1ccc(CCCNC(=O)[C@@H](C)N(c2ccc3c(c2)OCCO3)S(C)(=O)=O)cc1. The number of aryl methyl sites for hydroxylation is 1. The number of fused-ring (bicyclic) bond motifs is 1. The Hall–Kier alpha value is -2.94. The molecule has 1 N–H and O–H groups in total. The molecule has 1 aliphatic rings. The Balaban J connectivity index is 1.61. The van der Waals surface area contributed by atoms with E-state index in [4.69, 9.17) is 14.2 Å². The van der Waals surface area contributed by atoms with Crippen molar-refractivity contribution in [2.75, 3.05) is 37.4 Å². The Labute approximate surface area is 183 Å². The monoisotopic (exact) mass is 448 g/mol. The smallest absolute Gasteiger partial charge is 0.243 e. The number of amides is 1. The Bertz CT molecular complexity index is 1010. The number of nitrogens with zero attached hydrogens (tertiary/aromatic N) is 1. The van der Waals surface area contributed by atoms with E-state index in [0.717, 1.165) is 34.7 Å². The van der Waals surface area contributed by atoms with E-state index in [0.29, 0.717) is 36.9 Å². The van der Waals surface area contributed by atoms with E-state index in [1.807, 2.05) is 24.3 Å². The molecule has 0 saturated heterocycles. The number of hydrogen-bond donors (Lipinski definition) is 1. The molecule has 2 aromatic rings. The number of benzene rings is 2. The standard InChI is InChI=1S/C22H28N2O6S/c1-16(22(25)23-12-4-5-17-6-9-19(28-2)10-7-17)24(31(3,26)27)18-8-11-20-21(15-18)30-14-13-29-20/h6-11,15-16H,4-5,12-14H2,1-3H3,(H,23,25)/t16-/m1/s1. The van der Waals surface area contributed by atoms with Crippen LogP contribution in [0.5, 0.6) is 17.2 Å². The van der Waals surface area contributed by atoms with Gasteiger partial charge in [-0.25, -0.2) is 8.42 Å². The van der Waals surface area contributed by atoms with E-state index >= 15 is 0 Å². The van der Waals surface area contributed by atoms with Crippen LogP contribution in [0.15, 0.2) is 42.5 Å². The summed E-state index contributed by atoms with van der Waals surface area (Å²) in [7, 11) is -2.08. The Morgan fingerprint density at radius 1 is 1.13 bits per heavy atom. The van der Waals surface area contributed by atoms with Crippen LogP contribution in [0.3, 0.4) is 0 Å². The summed E-state index contributed by atoms with van der Waals surface area (Å²) in [4.78, 5) is 12.7. The summed E-state index contributed by atoms with van der Waals surface area (Å²) in [6, 6.07) is 11.7. The molecule has 0 spiro atoms. The normalized spacial score (nSPS) is 13.9. The summed E-state index contributed by atoms with van der Waals surface area (Å²) in [6.07, 6.45) is 2.60. The fraction of sp³-hybridized carbons (Fsp3) is 0.409. The second-order valence-corrected chi connectivity index (χ2v) is 9.16. The van der Waals surface area contributed by atoms with E-state index in [-0.39, 0.29) is 5.91 Å². The summed E-state index contributed by atoms with van der Waals surface area (Å²) in [6.45, 7) is 2.83. The van der Waals surface area contributed by atoms with Gasteiger partial charge < -0.3 is 19.5 Å². The highest BCUT2D eigenvalue weighted by atomic mass is 32.2. The number of carbonyl (C=O) groups is 1. The average Bonchev–Trinajstić information content (AvgIpc) is 2.76. The summed E-state index contributed by atoms with van der Waals surface area (Å²) in [5.74, 6) is 1.45.